The summed E-state index contributed by atoms with van der Waals surface area (Å²) in [7, 11) is 0. The molecule has 0 saturated heterocycles. The molecule has 1 saturated carbocycles. The van der Waals surface area contributed by atoms with Crippen molar-refractivity contribution in [3.63, 3.8) is 0 Å². The highest BCUT2D eigenvalue weighted by atomic mass is 16.2. The molecule has 2 nitrogen and oxygen atoms in total. The van der Waals surface area contributed by atoms with E-state index >= 15 is 0 Å². The van der Waals surface area contributed by atoms with Gasteiger partial charge in [0.05, 0.1) is 0 Å². The van der Waals surface area contributed by atoms with Gasteiger partial charge < -0.3 is 5.32 Å². The molecule has 1 aromatic carbocycles. The predicted octanol–water partition coefficient (Wildman–Crippen LogP) is 3.62. The van der Waals surface area contributed by atoms with Gasteiger partial charge in [-0.25, -0.2) is 0 Å². The SMILES string of the molecule is O=C(Nc1ccccc1)[C@@H]1[C@H]2/C=C\CCCC[C@@H]21. The fraction of sp³-hybridized carbons (Fsp3) is 0.438. The van der Waals surface area contributed by atoms with Crippen LogP contribution in [0.3, 0.4) is 0 Å². The van der Waals surface area contributed by atoms with E-state index in [0.717, 1.165) is 5.69 Å². The van der Waals surface area contributed by atoms with Crippen molar-refractivity contribution in [2.45, 2.75) is 25.7 Å². The summed E-state index contributed by atoms with van der Waals surface area (Å²) in [5.74, 6) is 1.49. The number of para-hydroxylation sites is 1. The molecule has 0 bridgehead atoms. The summed E-state index contributed by atoms with van der Waals surface area (Å²) in [4.78, 5) is 12.2. The minimum atomic E-state index is 0.197. The first-order valence-electron chi connectivity index (χ1n) is 6.89. The average Bonchev–Trinajstić information content (AvgIpc) is 3.02. The standard InChI is InChI=1S/C16H19NO/c18-16(17-12-8-4-3-5-9-12)15-13-10-6-1-2-7-11-14(13)15/h3-6,8-10,13-15H,1-2,7,11H2,(H,17,18)/b10-6-/t13-,14-,15+/m0/s1. The number of carbonyl (C=O) groups excluding carboxylic acids is 1. The summed E-state index contributed by atoms with van der Waals surface area (Å²) >= 11 is 0. The maximum atomic E-state index is 12.2. The molecule has 1 fully saturated rings. The van der Waals surface area contributed by atoms with Gasteiger partial charge in [0.15, 0.2) is 0 Å². The zero-order valence-corrected chi connectivity index (χ0v) is 10.5. The smallest absolute Gasteiger partial charge is 0.228 e. The van der Waals surface area contributed by atoms with Gasteiger partial charge in [0.25, 0.3) is 0 Å². The Kier molecular flexibility index (Phi) is 3.18. The minimum Gasteiger partial charge on any atom is -0.326 e. The Hall–Kier alpha value is -1.57. The molecule has 3 atom stereocenters. The molecule has 0 heterocycles. The number of benzene rings is 1. The van der Waals surface area contributed by atoms with Crippen LogP contribution in [0.1, 0.15) is 25.7 Å². The Balaban J connectivity index is 1.64. The van der Waals surface area contributed by atoms with E-state index in [9.17, 15) is 4.79 Å². The highest BCUT2D eigenvalue weighted by Gasteiger charge is 2.52. The molecule has 94 valence electrons. The van der Waals surface area contributed by atoms with Crippen LogP contribution in [-0.2, 0) is 4.79 Å². The molecule has 18 heavy (non-hydrogen) atoms. The normalized spacial score (nSPS) is 31.7. The van der Waals surface area contributed by atoms with E-state index in [4.69, 9.17) is 0 Å². The van der Waals surface area contributed by atoms with Crippen LogP contribution in [0.4, 0.5) is 5.69 Å². The fourth-order valence-corrected chi connectivity index (χ4v) is 3.05. The maximum absolute atomic E-state index is 12.2. The van der Waals surface area contributed by atoms with Crippen LogP contribution in [0.25, 0.3) is 0 Å². The summed E-state index contributed by atoms with van der Waals surface area (Å²) in [6.45, 7) is 0. The van der Waals surface area contributed by atoms with E-state index in [0.29, 0.717) is 11.8 Å². The lowest BCUT2D eigenvalue weighted by atomic mass is 10.1. The highest BCUT2D eigenvalue weighted by molar-refractivity contribution is 5.95. The molecule has 2 heteroatoms. The van der Waals surface area contributed by atoms with Crippen molar-refractivity contribution in [2.24, 2.45) is 17.8 Å². The fourth-order valence-electron chi connectivity index (χ4n) is 3.05. The van der Waals surface area contributed by atoms with Gasteiger partial charge in [0.1, 0.15) is 0 Å². The third-order valence-electron chi connectivity index (χ3n) is 4.09. The number of carbonyl (C=O) groups is 1. The van der Waals surface area contributed by atoms with Crippen molar-refractivity contribution in [2.75, 3.05) is 5.32 Å². The molecular formula is C16H19NO. The molecule has 0 spiro atoms. The van der Waals surface area contributed by atoms with Gasteiger partial charge in [-0.2, -0.15) is 0 Å². The van der Waals surface area contributed by atoms with Crippen LogP contribution in [0.15, 0.2) is 42.5 Å². The average molecular weight is 241 g/mol. The Morgan fingerprint density at radius 2 is 2.00 bits per heavy atom. The molecule has 2 aliphatic carbocycles. The molecule has 0 aliphatic heterocycles. The minimum absolute atomic E-state index is 0.197. The third-order valence-corrected chi connectivity index (χ3v) is 4.09. The van der Waals surface area contributed by atoms with Gasteiger partial charge in [0, 0.05) is 11.6 Å². The monoisotopic (exact) mass is 241 g/mol. The summed E-state index contributed by atoms with van der Waals surface area (Å²) in [6.07, 6.45) is 9.44. The molecule has 2 aliphatic rings. The molecular weight excluding hydrogens is 222 g/mol. The first-order chi connectivity index (χ1) is 8.86. The van der Waals surface area contributed by atoms with Crippen LogP contribution < -0.4 is 5.32 Å². The van der Waals surface area contributed by atoms with Crippen LogP contribution >= 0.6 is 0 Å². The number of rotatable bonds is 2. The molecule has 1 aromatic rings. The first kappa shape index (κ1) is 11.5. The van der Waals surface area contributed by atoms with E-state index in [1.54, 1.807) is 0 Å². The number of anilines is 1. The lowest BCUT2D eigenvalue weighted by Crippen LogP contribution is -2.15. The Bertz CT molecular complexity index is 451. The van der Waals surface area contributed by atoms with Crippen LogP contribution in [-0.4, -0.2) is 5.91 Å². The Morgan fingerprint density at radius 3 is 2.83 bits per heavy atom. The van der Waals surface area contributed by atoms with Crippen molar-refractivity contribution in [3.05, 3.63) is 42.5 Å². The van der Waals surface area contributed by atoms with E-state index < -0.39 is 0 Å². The number of allylic oxidation sites excluding steroid dienone is 2. The second-order valence-electron chi connectivity index (χ2n) is 5.33. The maximum Gasteiger partial charge on any atom is 0.228 e. The van der Waals surface area contributed by atoms with Gasteiger partial charge in [0.2, 0.25) is 5.91 Å². The number of fused-ring (bicyclic) bond motifs is 1. The topological polar surface area (TPSA) is 29.1 Å². The largest absolute Gasteiger partial charge is 0.326 e. The van der Waals surface area contributed by atoms with Crippen molar-refractivity contribution < 1.29 is 4.79 Å². The number of hydrogen-bond acceptors (Lipinski definition) is 1. The first-order valence-corrected chi connectivity index (χ1v) is 6.89. The third kappa shape index (κ3) is 2.33. The lowest BCUT2D eigenvalue weighted by molar-refractivity contribution is -0.117. The predicted molar refractivity (Wildman–Crippen MR) is 73.1 cm³/mol. The molecule has 0 aromatic heterocycles. The second-order valence-corrected chi connectivity index (χ2v) is 5.33. The van der Waals surface area contributed by atoms with E-state index in [-0.39, 0.29) is 11.8 Å². The van der Waals surface area contributed by atoms with Crippen molar-refractivity contribution in [3.8, 4) is 0 Å². The van der Waals surface area contributed by atoms with Crippen LogP contribution in [0, 0.1) is 17.8 Å². The molecule has 1 amide bonds. The van der Waals surface area contributed by atoms with Crippen LogP contribution in [0.2, 0.25) is 0 Å². The molecule has 3 rings (SSSR count). The summed E-state index contributed by atoms with van der Waals surface area (Å²) in [6, 6.07) is 9.75. The van der Waals surface area contributed by atoms with E-state index in [1.165, 1.54) is 25.7 Å². The van der Waals surface area contributed by atoms with Gasteiger partial charge in [-0.05, 0) is 43.2 Å². The van der Waals surface area contributed by atoms with Crippen LogP contribution in [0.5, 0.6) is 0 Å². The van der Waals surface area contributed by atoms with Gasteiger partial charge in [-0.15, -0.1) is 0 Å². The zero-order valence-electron chi connectivity index (χ0n) is 10.5. The Labute approximate surface area is 108 Å². The summed E-state index contributed by atoms with van der Waals surface area (Å²) in [5, 5.41) is 3.03. The summed E-state index contributed by atoms with van der Waals surface area (Å²) in [5.41, 5.74) is 0.908. The molecule has 1 N–H and O–H groups in total. The van der Waals surface area contributed by atoms with Gasteiger partial charge in [-0.1, -0.05) is 36.8 Å². The lowest BCUT2D eigenvalue weighted by Gasteiger charge is -2.04. The number of nitrogens with one attached hydrogen (secondary N) is 1. The highest BCUT2D eigenvalue weighted by Crippen LogP contribution is 2.51. The van der Waals surface area contributed by atoms with E-state index in [1.807, 2.05) is 30.3 Å². The Morgan fingerprint density at radius 1 is 1.17 bits per heavy atom. The van der Waals surface area contributed by atoms with Gasteiger partial charge in [-0.3, -0.25) is 4.79 Å². The quantitative estimate of drug-likeness (QED) is 0.787. The number of hydrogen-bond donors (Lipinski definition) is 1. The molecule has 0 radical (unpaired) electrons. The van der Waals surface area contributed by atoms with Crippen molar-refractivity contribution in [1.82, 2.24) is 0 Å². The van der Waals surface area contributed by atoms with Crippen molar-refractivity contribution in [1.29, 1.82) is 0 Å². The van der Waals surface area contributed by atoms with Gasteiger partial charge >= 0.3 is 0 Å². The number of amides is 1. The van der Waals surface area contributed by atoms with E-state index in [2.05, 4.69) is 17.5 Å². The van der Waals surface area contributed by atoms with Crippen molar-refractivity contribution >= 4 is 11.6 Å². The second kappa shape index (κ2) is 4.97. The molecule has 0 unspecified atom stereocenters. The summed E-state index contributed by atoms with van der Waals surface area (Å²) < 4.78 is 0. The zero-order chi connectivity index (χ0) is 12.4.